The number of benzene rings is 8. The number of likely N-dealkylation sites (N-methyl/N-ethyl adjacent to an activating group) is 1. The van der Waals surface area contributed by atoms with Crippen molar-refractivity contribution in [1.29, 1.82) is 0 Å². The second kappa shape index (κ2) is 24.3. The molecule has 0 unspecified atom stereocenters. The van der Waals surface area contributed by atoms with Gasteiger partial charge in [0.2, 0.25) is 0 Å². The minimum atomic E-state index is -0.00463. The Balaban J connectivity index is 0.000000254. The van der Waals surface area contributed by atoms with E-state index in [1.807, 2.05) is 54.6 Å². The van der Waals surface area contributed by atoms with Gasteiger partial charge in [-0.3, -0.25) is 4.90 Å². The Bertz CT molecular complexity index is 3250. The first kappa shape index (κ1) is 63.9. The third-order valence-corrected chi connectivity index (χ3v) is 15.1. The van der Waals surface area contributed by atoms with Crippen molar-refractivity contribution in [3.8, 4) is 23.0 Å². The summed E-state index contributed by atoms with van der Waals surface area (Å²) in [7, 11) is 4.33. The van der Waals surface area contributed by atoms with Crippen molar-refractivity contribution in [1.82, 2.24) is 4.90 Å². The van der Waals surface area contributed by atoms with Crippen LogP contribution in [-0.2, 0) is 96.6 Å². The van der Waals surface area contributed by atoms with Crippen LogP contribution in [0.4, 0.5) is 17.1 Å². The molecule has 4 heterocycles. The molecule has 8 nitrogen and oxygen atoms in total. The predicted octanol–water partition coefficient (Wildman–Crippen LogP) is 17.3. The van der Waals surface area contributed by atoms with Gasteiger partial charge in [0.15, 0.2) is 0 Å². The monoisotopic (exact) mass is 1150 g/mol. The molecule has 0 amide bonds. The Morgan fingerprint density at radius 2 is 1.00 bits per heavy atom. The Kier molecular flexibility index (Phi) is 20.9. The molecule has 0 saturated carbocycles. The van der Waals surface area contributed by atoms with Gasteiger partial charge in [-0.1, -0.05) is 147 Å². The third kappa shape index (κ3) is 12.4. The molecule has 0 atom stereocenters. The molecule has 0 saturated heterocycles. The van der Waals surface area contributed by atoms with Crippen LogP contribution in [0.25, 0.3) is 53.7 Å². The van der Waals surface area contributed by atoms with Crippen LogP contribution in [-0.4, -0.2) is 62.6 Å². The Hall–Kier alpha value is -4.43. The van der Waals surface area contributed by atoms with Crippen molar-refractivity contribution in [2.24, 2.45) is 0 Å². The van der Waals surface area contributed by atoms with E-state index in [1.54, 1.807) is 24.3 Å². The van der Waals surface area contributed by atoms with Crippen LogP contribution in [0.1, 0.15) is 119 Å². The van der Waals surface area contributed by atoms with Crippen LogP contribution in [0.2, 0.25) is 0 Å². The summed E-state index contributed by atoms with van der Waals surface area (Å²) in [6.45, 7) is 19.6. The number of rotatable bonds is 0. The SMILES string of the molecule is C.C.C.C.CC1(C)C[N-]c2ccc3c(O)cccc3c21.CC1(C)Cc2cc3c(O)cccc3cc2[N-]1.CN1Cc2c(ccc3c(O)cccc23)CC1(C)C.CN1c2ccc3c(O)cccc3c2CCC1(C)C.[Y].[Y]. The Morgan fingerprint density at radius 1 is 0.486 bits per heavy atom. The van der Waals surface area contributed by atoms with E-state index >= 15 is 0 Å². The molecule has 8 aromatic rings. The summed E-state index contributed by atoms with van der Waals surface area (Å²) >= 11 is 0. The molecule has 0 aliphatic carbocycles. The number of phenolic OH excluding ortho intramolecular Hbond substituents is 4. The largest absolute Gasteiger partial charge is 0.683 e. The summed E-state index contributed by atoms with van der Waals surface area (Å²) in [5.41, 5.74) is 10.6. The van der Waals surface area contributed by atoms with Gasteiger partial charge in [-0.05, 0) is 147 Å². The minimum Gasteiger partial charge on any atom is -0.683 e. The topological polar surface area (TPSA) is 116 Å². The standard InChI is InChI=1S/2C16H19NO.2C14H14NO.4CH4.2Y/c1-16(2)9-11-7-8-13-12(5-4-6-15(13)18)14(11)10-17(16)3;1-16(2)10-9-12-11-5-4-6-15(18)13(11)7-8-14(12)17(16)3;1-14(2)8-10-6-11-9(7-12(10)15-14)4-3-5-13(11)16;1-14(2)8-15-11-7-6-9-10(13(11)14)4-3-5-12(9)16;;;;;;/h2*4-8,18H,9-10H2,1-3H3;2*3-7,16H,8H2,1-2H3;4*1H4;;/q;;2*-1;;;;;;. The molecular weight excluding hydrogens is 1070 g/mol. The van der Waals surface area contributed by atoms with Crippen LogP contribution >= 0.6 is 0 Å². The fourth-order valence-corrected chi connectivity index (χ4v) is 10.7. The Labute approximate surface area is 494 Å². The predicted molar refractivity (Wildman–Crippen MR) is 311 cm³/mol. The first-order valence-electron chi connectivity index (χ1n) is 24.0. The maximum atomic E-state index is 9.93. The first-order chi connectivity index (χ1) is 32.1. The molecule has 74 heavy (non-hydrogen) atoms. The van der Waals surface area contributed by atoms with Crippen molar-refractivity contribution in [2.45, 2.75) is 139 Å². The summed E-state index contributed by atoms with van der Waals surface area (Å²) in [5, 5.41) is 57.1. The van der Waals surface area contributed by atoms with Crippen molar-refractivity contribution >= 4 is 60.2 Å². The number of nitrogens with zero attached hydrogens (tertiary/aromatic N) is 4. The molecule has 4 N–H and O–H groups in total. The van der Waals surface area contributed by atoms with Gasteiger partial charge in [0.05, 0.1) is 0 Å². The summed E-state index contributed by atoms with van der Waals surface area (Å²) in [6, 6.07) is 39.4. The van der Waals surface area contributed by atoms with Crippen molar-refractivity contribution in [2.75, 3.05) is 25.5 Å². The van der Waals surface area contributed by atoms with Crippen LogP contribution in [0.5, 0.6) is 23.0 Å². The molecular formula is C64H82N4O4Y2-2. The Morgan fingerprint density at radius 3 is 1.61 bits per heavy atom. The van der Waals surface area contributed by atoms with E-state index in [0.29, 0.717) is 23.0 Å². The quantitative estimate of drug-likeness (QED) is 0.120. The first-order valence-corrected chi connectivity index (χ1v) is 24.0. The van der Waals surface area contributed by atoms with Crippen molar-refractivity contribution in [3.05, 3.63) is 160 Å². The zero-order valence-corrected chi connectivity index (χ0v) is 48.2. The fourth-order valence-electron chi connectivity index (χ4n) is 10.7. The van der Waals surface area contributed by atoms with E-state index in [0.717, 1.165) is 82.5 Å². The van der Waals surface area contributed by atoms with Crippen molar-refractivity contribution < 1.29 is 85.8 Å². The van der Waals surface area contributed by atoms with Gasteiger partial charge in [0.1, 0.15) is 23.0 Å². The van der Waals surface area contributed by atoms with Crippen LogP contribution in [0, 0.1) is 0 Å². The maximum absolute atomic E-state index is 9.93. The molecule has 12 rings (SSSR count). The molecule has 8 aromatic carbocycles. The molecule has 0 spiro atoms. The molecule has 2 radical (unpaired) electrons. The van der Waals surface area contributed by atoms with E-state index in [4.69, 9.17) is 0 Å². The van der Waals surface area contributed by atoms with Gasteiger partial charge in [0.25, 0.3) is 0 Å². The van der Waals surface area contributed by atoms with Crippen molar-refractivity contribution in [3.63, 3.8) is 0 Å². The third-order valence-electron chi connectivity index (χ3n) is 15.1. The van der Waals surface area contributed by atoms with E-state index in [9.17, 15) is 20.4 Å². The minimum absolute atomic E-state index is 0. The summed E-state index contributed by atoms with van der Waals surface area (Å²) in [4.78, 5) is 4.74. The van der Waals surface area contributed by atoms with Gasteiger partial charge < -0.3 is 36.0 Å². The number of aromatic hydroxyl groups is 4. The average molecular weight is 1150 g/mol. The average Bonchev–Trinajstić information content (AvgIpc) is 3.78. The molecule has 0 bridgehead atoms. The number of anilines is 1. The zero-order valence-electron chi connectivity index (χ0n) is 42.5. The summed E-state index contributed by atoms with van der Waals surface area (Å²) < 4.78 is 0. The summed E-state index contributed by atoms with van der Waals surface area (Å²) in [5.74, 6) is 1.46. The zero-order chi connectivity index (χ0) is 48.5. The second-order valence-electron chi connectivity index (χ2n) is 21.8. The number of fused-ring (bicyclic) bond motifs is 11. The molecule has 10 heteroatoms. The molecule has 0 fully saturated rings. The van der Waals surface area contributed by atoms with E-state index in [-0.39, 0.29) is 117 Å². The van der Waals surface area contributed by atoms with E-state index < -0.39 is 0 Å². The smallest absolute Gasteiger partial charge is 0.123 e. The fraction of sp³-hybridized carbons (Fsp3) is 0.375. The second-order valence-corrected chi connectivity index (χ2v) is 21.8. The molecule has 4 aliphatic heterocycles. The van der Waals surface area contributed by atoms with Gasteiger partial charge in [0, 0.05) is 117 Å². The molecule has 0 aromatic heterocycles. The number of hydrogen-bond donors (Lipinski definition) is 4. The van der Waals surface area contributed by atoms with Crippen LogP contribution in [0.3, 0.4) is 0 Å². The van der Waals surface area contributed by atoms with E-state index in [1.165, 1.54) is 44.3 Å². The molecule has 390 valence electrons. The molecule has 4 aliphatic rings. The maximum Gasteiger partial charge on any atom is 0.123 e. The van der Waals surface area contributed by atoms with Gasteiger partial charge >= 0.3 is 0 Å². The number of hydrogen-bond acceptors (Lipinski definition) is 6. The van der Waals surface area contributed by atoms with Crippen LogP contribution in [0.15, 0.2) is 121 Å². The van der Waals surface area contributed by atoms with Crippen LogP contribution < -0.4 is 4.90 Å². The van der Waals surface area contributed by atoms with Gasteiger partial charge in [-0.15, -0.1) is 23.5 Å². The van der Waals surface area contributed by atoms with E-state index in [2.05, 4.69) is 132 Å². The van der Waals surface area contributed by atoms with Gasteiger partial charge in [-0.2, -0.15) is 0 Å². The summed E-state index contributed by atoms with van der Waals surface area (Å²) in [6.07, 6.45) is 4.23. The van der Waals surface area contributed by atoms with Gasteiger partial charge in [-0.25, -0.2) is 0 Å². The number of aryl methyl sites for hydroxylation is 1. The number of phenols is 4. The normalized spacial score (nSPS) is 16.3.